The van der Waals surface area contributed by atoms with Gasteiger partial charge in [-0.25, -0.2) is 0 Å². The fraction of sp³-hybridized carbons (Fsp3) is 0.400. The molecule has 0 aliphatic heterocycles. The smallest absolute Gasteiger partial charge is 0.188 e. The molecule has 14 heavy (non-hydrogen) atoms. The first-order valence-corrected chi connectivity index (χ1v) is 5.75. The van der Waals surface area contributed by atoms with Crippen molar-refractivity contribution in [1.82, 2.24) is 0 Å². The summed E-state index contributed by atoms with van der Waals surface area (Å²) >= 11 is 7.66. The van der Waals surface area contributed by atoms with E-state index in [0.29, 0.717) is 5.02 Å². The average Bonchev–Trinajstić information content (AvgIpc) is 2.18. The minimum absolute atomic E-state index is 0.246. The molecule has 0 heterocycles. The molecule has 0 unspecified atom stereocenters. The number of methoxy groups -OCH3 is 1. The molecule has 0 amide bonds. The van der Waals surface area contributed by atoms with Crippen molar-refractivity contribution in [2.45, 2.75) is 11.8 Å². The first-order valence-electron chi connectivity index (χ1n) is 4.15. The van der Waals surface area contributed by atoms with Gasteiger partial charge in [0.25, 0.3) is 0 Å². The van der Waals surface area contributed by atoms with Gasteiger partial charge in [-0.2, -0.15) is 0 Å². The number of halogens is 1. The molecule has 0 aromatic heterocycles. The molecule has 0 saturated carbocycles. The molecule has 0 bridgehead atoms. The van der Waals surface area contributed by atoms with Gasteiger partial charge in [-0.15, -0.1) is 11.8 Å². The van der Waals surface area contributed by atoms with Gasteiger partial charge >= 0.3 is 0 Å². The standard InChI is InChI=1S/C10H13ClO2S/c1-7-4-10(14-3)8(11)5-9(7)13-6-12-2/h4-5H,6H2,1-3H3. The number of aryl methyl sites for hydroxylation is 1. The second kappa shape index (κ2) is 5.49. The lowest BCUT2D eigenvalue weighted by Gasteiger charge is -2.10. The molecule has 0 aliphatic carbocycles. The van der Waals surface area contributed by atoms with Gasteiger partial charge in [0, 0.05) is 18.1 Å². The van der Waals surface area contributed by atoms with Gasteiger partial charge in [0.2, 0.25) is 0 Å². The highest BCUT2D eigenvalue weighted by Crippen LogP contribution is 2.32. The van der Waals surface area contributed by atoms with Crippen LogP contribution in [0.1, 0.15) is 5.56 Å². The van der Waals surface area contributed by atoms with Crippen LogP contribution in [0, 0.1) is 6.92 Å². The second-order valence-electron chi connectivity index (χ2n) is 2.80. The van der Waals surface area contributed by atoms with Crippen molar-refractivity contribution in [3.8, 4) is 5.75 Å². The van der Waals surface area contributed by atoms with E-state index in [1.807, 2.05) is 25.3 Å². The van der Waals surface area contributed by atoms with Gasteiger partial charge in [-0.05, 0) is 24.8 Å². The van der Waals surface area contributed by atoms with E-state index >= 15 is 0 Å². The molecular formula is C10H13ClO2S. The van der Waals surface area contributed by atoms with Gasteiger partial charge in [-0.1, -0.05) is 11.6 Å². The maximum atomic E-state index is 6.04. The molecule has 0 N–H and O–H groups in total. The van der Waals surface area contributed by atoms with Crippen LogP contribution in [0.4, 0.5) is 0 Å². The van der Waals surface area contributed by atoms with Crippen LogP contribution in [0.2, 0.25) is 5.02 Å². The van der Waals surface area contributed by atoms with Crippen LogP contribution in [0.15, 0.2) is 17.0 Å². The van der Waals surface area contributed by atoms with Crippen molar-refractivity contribution in [3.63, 3.8) is 0 Å². The fourth-order valence-corrected chi connectivity index (χ4v) is 2.00. The largest absolute Gasteiger partial charge is 0.467 e. The van der Waals surface area contributed by atoms with E-state index in [1.54, 1.807) is 18.9 Å². The van der Waals surface area contributed by atoms with Crippen molar-refractivity contribution in [2.24, 2.45) is 0 Å². The number of ether oxygens (including phenoxy) is 2. The lowest BCUT2D eigenvalue weighted by Crippen LogP contribution is -2.00. The number of hydrogen-bond donors (Lipinski definition) is 0. The molecule has 2 nitrogen and oxygen atoms in total. The van der Waals surface area contributed by atoms with Crippen LogP contribution in [-0.2, 0) is 4.74 Å². The molecule has 0 saturated heterocycles. The molecule has 0 radical (unpaired) electrons. The molecule has 1 aromatic carbocycles. The molecule has 78 valence electrons. The summed E-state index contributed by atoms with van der Waals surface area (Å²) < 4.78 is 10.2. The number of hydrogen-bond acceptors (Lipinski definition) is 3. The van der Waals surface area contributed by atoms with Crippen molar-refractivity contribution in [2.75, 3.05) is 20.2 Å². The average molecular weight is 233 g/mol. The SMILES string of the molecule is COCOc1cc(Cl)c(SC)cc1C. The summed E-state index contributed by atoms with van der Waals surface area (Å²) in [7, 11) is 1.59. The van der Waals surface area contributed by atoms with E-state index in [4.69, 9.17) is 21.1 Å². The molecule has 1 aromatic rings. The maximum absolute atomic E-state index is 6.04. The van der Waals surface area contributed by atoms with Gasteiger partial charge < -0.3 is 9.47 Å². The van der Waals surface area contributed by atoms with Crippen molar-refractivity contribution < 1.29 is 9.47 Å². The first-order chi connectivity index (χ1) is 6.69. The van der Waals surface area contributed by atoms with E-state index in [9.17, 15) is 0 Å². The molecule has 0 atom stereocenters. The van der Waals surface area contributed by atoms with Crippen LogP contribution in [0.5, 0.6) is 5.75 Å². The van der Waals surface area contributed by atoms with Gasteiger partial charge in [0.15, 0.2) is 6.79 Å². The van der Waals surface area contributed by atoms with E-state index in [1.165, 1.54) is 0 Å². The fourth-order valence-electron chi connectivity index (χ4n) is 1.07. The van der Waals surface area contributed by atoms with Gasteiger partial charge in [-0.3, -0.25) is 0 Å². The second-order valence-corrected chi connectivity index (χ2v) is 4.06. The van der Waals surface area contributed by atoms with Crippen molar-refractivity contribution >= 4 is 23.4 Å². The topological polar surface area (TPSA) is 18.5 Å². The minimum atomic E-state index is 0.246. The predicted octanol–water partition coefficient (Wildman–Crippen LogP) is 3.35. The van der Waals surface area contributed by atoms with E-state index in [2.05, 4.69) is 0 Å². The van der Waals surface area contributed by atoms with Gasteiger partial charge in [0.1, 0.15) is 5.75 Å². The quantitative estimate of drug-likeness (QED) is 0.586. The Balaban J connectivity index is 2.90. The Labute approximate surface area is 93.5 Å². The third-order valence-electron chi connectivity index (χ3n) is 1.78. The van der Waals surface area contributed by atoms with Crippen molar-refractivity contribution in [3.05, 3.63) is 22.7 Å². The Morgan fingerprint density at radius 2 is 2.14 bits per heavy atom. The van der Waals surface area contributed by atoms with E-state index in [0.717, 1.165) is 16.2 Å². The highest BCUT2D eigenvalue weighted by atomic mass is 35.5. The summed E-state index contributed by atoms with van der Waals surface area (Å²) in [6, 6.07) is 3.83. The van der Waals surface area contributed by atoms with Crippen LogP contribution < -0.4 is 4.74 Å². The monoisotopic (exact) mass is 232 g/mol. The molecule has 0 fully saturated rings. The molecule has 4 heteroatoms. The van der Waals surface area contributed by atoms with E-state index in [-0.39, 0.29) is 6.79 Å². The lowest BCUT2D eigenvalue weighted by atomic mass is 10.2. The van der Waals surface area contributed by atoms with Crippen LogP contribution in [0.3, 0.4) is 0 Å². The highest BCUT2D eigenvalue weighted by molar-refractivity contribution is 7.98. The van der Waals surface area contributed by atoms with Gasteiger partial charge in [0.05, 0.1) is 5.02 Å². The van der Waals surface area contributed by atoms with Crippen LogP contribution in [0.25, 0.3) is 0 Å². The summed E-state index contributed by atoms with van der Waals surface area (Å²) in [6.45, 7) is 2.23. The van der Waals surface area contributed by atoms with Crippen LogP contribution in [-0.4, -0.2) is 20.2 Å². The summed E-state index contributed by atoms with van der Waals surface area (Å²) in [5, 5.41) is 0.717. The Bertz CT molecular complexity index is 315. The normalized spacial score (nSPS) is 10.3. The number of rotatable bonds is 4. The summed E-state index contributed by atoms with van der Waals surface area (Å²) in [6.07, 6.45) is 2.00. The third kappa shape index (κ3) is 2.80. The zero-order valence-electron chi connectivity index (χ0n) is 8.46. The summed E-state index contributed by atoms with van der Waals surface area (Å²) in [5.41, 5.74) is 1.07. The molecular weight excluding hydrogens is 220 g/mol. The van der Waals surface area contributed by atoms with Crippen LogP contribution >= 0.6 is 23.4 Å². The predicted molar refractivity (Wildman–Crippen MR) is 60.5 cm³/mol. The molecule has 0 aliphatic rings. The Hall–Kier alpha value is -0.380. The molecule has 0 spiro atoms. The first kappa shape index (κ1) is 11.7. The Kier molecular flexibility index (Phi) is 4.58. The highest BCUT2D eigenvalue weighted by Gasteiger charge is 2.05. The number of thioether (sulfide) groups is 1. The lowest BCUT2D eigenvalue weighted by molar-refractivity contribution is 0.0506. The number of benzene rings is 1. The third-order valence-corrected chi connectivity index (χ3v) is 2.98. The minimum Gasteiger partial charge on any atom is -0.467 e. The molecule has 1 rings (SSSR count). The summed E-state index contributed by atoms with van der Waals surface area (Å²) in [5.74, 6) is 0.773. The summed E-state index contributed by atoms with van der Waals surface area (Å²) in [4.78, 5) is 1.06. The van der Waals surface area contributed by atoms with E-state index < -0.39 is 0 Å². The Morgan fingerprint density at radius 1 is 1.43 bits per heavy atom. The zero-order chi connectivity index (χ0) is 10.6. The zero-order valence-corrected chi connectivity index (χ0v) is 10.0. The maximum Gasteiger partial charge on any atom is 0.188 e. The van der Waals surface area contributed by atoms with Crippen molar-refractivity contribution in [1.29, 1.82) is 0 Å². The Morgan fingerprint density at radius 3 is 2.71 bits per heavy atom.